The fraction of sp³-hybridized carbons (Fsp3) is 0.583. The lowest BCUT2D eigenvalue weighted by Crippen LogP contribution is -2.12. The second-order valence-corrected chi connectivity index (χ2v) is 5.11. The van der Waals surface area contributed by atoms with Crippen molar-refractivity contribution in [3.63, 3.8) is 0 Å². The highest BCUT2D eigenvalue weighted by atomic mass is 35.5. The third-order valence-corrected chi connectivity index (χ3v) is 4.06. The van der Waals surface area contributed by atoms with E-state index in [0.29, 0.717) is 17.7 Å². The van der Waals surface area contributed by atoms with Crippen LogP contribution in [0.1, 0.15) is 36.8 Å². The van der Waals surface area contributed by atoms with Gasteiger partial charge in [-0.05, 0) is 42.7 Å². The second kappa shape index (κ2) is 4.01. The van der Waals surface area contributed by atoms with Gasteiger partial charge in [0.25, 0.3) is 0 Å². The van der Waals surface area contributed by atoms with E-state index in [1.165, 1.54) is 11.1 Å². The number of hydrogen-bond donors (Lipinski definition) is 1. The molecule has 1 heterocycles. The van der Waals surface area contributed by atoms with Crippen LogP contribution >= 0.6 is 11.6 Å². The lowest BCUT2D eigenvalue weighted by atomic mass is 9.90. The Labute approximate surface area is 95.8 Å². The summed E-state index contributed by atoms with van der Waals surface area (Å²) in [6.45, 7) is 4.25. The minimum atomic E-state index is 0.287. The van der Waals surface area contributed by atoms with Crippen LogP contribution in [0.25, 0.3) is 0 Å². The number of alkyl halides is 1. The van der Waals surface area contributed by atoms with Crippen LogP contribution in [0.5, 0.6) is 0 Å². The van der Waals surface area contributed by atoms with E-state index in [-0.39, 0.29) is 5.38 Å². The van der Waals surface area contributed by atoms with Gasteiger partial charge in [0.1, 0.15) is 5.82 Å². The summed E-state index contributed by atoms with van der Waals surface area (Å²) in [6, 6.07) is 2.15. The van der Waals surface area contributed by atoms with E-state index >= 15 is 0 Å². The van der Waals surface area contributed by atoms with E-state index in [2.05, 4.69) is 18.0 Å². The van der Waals surface area contributed by atoms with Crippen molar-refractivity contribution >= 4 is 17.4 Å². The highest BCUT2D eigenvalue weighted by molar-refractivity contribution is 6.21. The molecule has 0 spiro atoms. The van der Waals surface area contributed by atoms with Gasteiger partial charge in [-0.1, -0.05) is 13.0 Å². The van der Waals surface area contributed by atoms with Crippen molar-refractivity contribution in [2.45, 2.75) is 38.0 Å². The Balaban J connectivity index is 2.33. The van der Waals surface area contributed by atoms with E-state index < -0.39 is 0 Å². The fourth-order valence-electron chi connectivity index (χ4n) is 2.45. The zero-order valence-corrected chi connectivity index (χ0v) is 9.96. The maximum Gasteiger partial charge on any atom is 0.126 e. The normalized spacial score (nSPS) is 30.7. The topological polar surface area (TPSA) is 38.9 Å². The molecule has 2 nitrogen and oxygen atoms in total. The summed E-state index contributed by atoms with van der Waals surface area (Å²) in [5.74, 6) is 1.65. The van der Waals surface area contributed by atoms with Crippen LogP contribution in [0.3, 0.4) is 0 Å². The molecular weight excluding hydrogens is 208 g/mol. The maximum atomic E-state index is 6.24. The van der Waals surface area contributed by atoms with E-state index in [4.69, 9.17) is 17.3 Å². The van der Waals surface area contributed by atoms with Crippen LogP contribution in [0.4, 0.5) is 5.82 Å². The number of halogens is 1. The molecule has 1 aliphatic carbocycles. The van der Waals surface area contributed by atoms with E-state index in [9.17, 15) is 0 Å². The molecule has 2 rings (SSSR count). The standard InChI is InChI=1S/C12H17ClN2/c1-7-5-10(12(14)15-6-7)9-3-4-11(13)8(9)2/h5-6,8-9,11H,3-4H2,1-2H3,(H2,14,15). The largest absolute Gasteiger partial charge is 0.383 e. The Hall–Kier alpha value is -0.760. The fourth-order valence-corrected chi connectivity index (χ4v) is 2.76. The van der Waals surface area contributed by atoms with E-state index in [1.807, 2.05) is 13.1 Å². The first-order valence-corrected chi connectivity index (χ1v) is 5.89. The average Bonchev–Trinajstić information content (AvgIpc) is 2.52. The molecule has 1 saturated carbocycles. The molecule has 3 atom stereocenters. The zero-order valence-electron chi connectivity index (χ0n) is 9.20. The van der Waals surface area contributed by atoms with Gasteiger partial charge >= 0.3 is 0 Å². The van der Waals surface area contributed by atoms with Crippen LogP contribution in [0.2, 0.25) is 0 Å². The molecular formula is C12H17ClN2. The number of pyridine rings is 1. The average molecular weight is 225 g/mol. The number of aryl methyl sites for hydroxylation is 1. The summed E-state index contributed by atoms with van der Waals surface area (Å²) >= 11 is 6.24. The SMILES string of the molecule is Cc1cnc(N)c(C2CCC(Cl)C2C)c1. The molecule has 2 N–H and O–H groups in total. The molecule has 3 unspecified atom stereocenters. The molecule has 0 radical (unpaired) electrons. The van der Waals surface area contributed by atoms with Gasteiger partial charge in [0, 0.05) is 11.6 Å². The van der Waals surface area contributed by atoms with Crippen molar-refractivity contribution in [1.29, 1.82) is 0 Å². The number of hydrogen-bond acceptors (Lipinski definition) is 2. The minimum absolute atomic E-state index is 0.287. The number of anilines is 1. The van der Waals surface area contributed by atoms with Crippen LogP contribution in [-0.2, 0) is 0 Å². The molecule has 3 heteroatoms. The molecule has 1 aromatic rings. The summed E-state index contributed by atoms with van der Waals surface area (Å²) in [5, 5.41) is 0.287. The monoisotopic (exact) mass is 224 g/mol. The van der Waals surface area contributed by atoms with Crippen LogP contribution in [-0.4, -0.2) is 10.4 Å². The predicted molar refractivity (Wildman–Crippen MR) is 64.2 cm³/mol. The minimum Gasteiger partial charge on any atom is -0.383 e. The molecule has 0 amide bonds. The van der Waals surface area contributed by atoms with Gasteiger partial charge in [0.15, 0.2) is 0 Å². The Kier molecular flexibility index (Phi) is 2.87. The quantitative estimate of drug-likeness (QED) is 0.745. The Morgan fingerprint density at radius 1 is 1.47 bits per heavy atom. The molecule has 0 bridgehead atoms. The van der Waals surface area contributed by atoms with Gasteiger partial charge in [-0.15, -0.1) is 11.6 Å². The molecule has 82 valence electrons. The lowest BCUT2D eigenvalue weighted by molar-refractivity contribution is 0.537. The third-order valence-electron chi connectivity index (χ3n) is 3.44. The first kappa shape index (κ1) is 10.7. The molecule has 15 heavy (non-hydrogen) atoms. The van der Waals surface area contributed by atoms with Gasteiger partial charge in [0.2, 0.25) is 0 Å². The van der Waals surface area contributed by atoms with Crippen molar-refractivity contribution in [3.8, 4) is 0 Å². The maximum absolute atomic E-state index is 6.24. The van der Waals surface area contributed by atoms with Gasteiger partial charge in [-0.3, -0.25) is 0 Å². The highest BCUT2D eigenvalue weighted by Gasteiger charge is 2.33. The van der Waals surface area contributed by atoms with Crippen LogP contribution in [0, 0.1) is 12.8 Å². The van der Waals surface area contributed by atoms with E-state index in [0.717, 1.165) is 12.8 Å². The number of nitrogens with zero attached hydrogens (tertiary/aromatic N) is 1. The Morgan fingerprint density at radius 2 is 2.20 bits per heavy atom. The van der Waals surface area contributed by atoms with Gasteiger partial charge in [-0.2, -0.15) is 0 Å². The summed E-state index contributed by atoms with van der Waals surface area (Å²) in [4.78, 5) is 4.22. The highest BCUT2D eigenvalue weighted by Crippen LogP contribution is 2.43. The van der Waals surface area contributed by atoms with E-state index in [1.54, 1.807) is 0 Å². The predicted octanol–water partition coefficient (Wildman–Crippen LogP) is 3.09. The second-order valence-electron chi connectivity index (χ2n) is 4.55. The van der Waals surface area contributed by atoms with Crippen molar-refractivity contribution in [3.05, 3.63) is 23.4 Å². The van der Waals surface area contributed by atoms with Gasteiger partial charge in [-0.25, -0.2) is 4.98 Å². The summed E-state index contributed by atoms with van der Waals surface area (Å²) in [6.07, 6.45) is 4.03. The Morgan fingerprint density at radius 3 is 2.80 bits per heavy atom. The molecule has 1 aliphatic rings. The lowest BCUT2D eigenvalue weighted by Gasteiger charge is -2.19. The first-order chi connectivity index (χ1) is 7.09. The summed E-state index contributed by atoms with van der Waals surface area (Å²) < 4.78 is 0. The van der Waals surface area contributed by atoms with Crippen molar-refractivity contribution in [1.82, 2.24) is 4.98 Å². The van der Waals surface area contributed by atoms with Crippen molar-refractivity contribution < 1.29 is 0 Å². The third kappa shape index (κ3) is 1.96. The molecule has 0 saturated heterocycles. The number of nitrogen functional groups attached to an aromatic ring is 1. The molecule has 0 aliphatic heterocycles. The summed E-state index contributed by atoms with van der Waals surface area (Å²) in [5.41, 5.74) is 8.28. The number of nitrogens with two attached hydrogens (primary N) is 1. The Bertz CT molecular complexity index is 365. The molecule has 0 aromatic carbocycles. The number of aromatic nitrogens is 1. The van der Waals surface area contributed by atoms with Gasteiger partial charge < -0.3 is 5.73 Å². The smallest absolute Gasteiger partial charge is 0.126 e. The summed E-state index contributed by atoms with van der Waals surface area (Å²) in [7, 11) is 0. The van der Waals surface area contributed by atoms with Crippen LogP contribution in [0.15, 0.2) is 12.3 Å². The van der Waals surface area contributed by atoms with Gasteiger partial charge in [0.05, 0.1) is 0 Å². The molecule has 1 aromatic heterocycles. The van der Waals surface area contributed by atoms with Crippen LogP contribution < -0.4 is 5.73 Å². The molecule has 1 fully saturated rings. The van der Waals surface area contributed by atoms with Crippen molar-refractivity contribution in [2.75, 3.05) is 5.73 Å². The first-order valence-electron chi connectivity index (χ1n) is 5.45. The van der Waals surface area contributed by atoms with Crippen molar-refractivity contribution in [2.24, 2.45) is 5.92 Å². The number of rotatable bonds is 1. The zero-order chi connectivity index (χ0) is 11.0.